The van der Waals surface area contributed by atoms with Crippen LogP contribution in [0.1, 0.15) is 52.9 Å². The molecule has 29 heavy (non-hydrogen) atoms. The van der Waals surface area contributed by atoms with Gasteiger partial charge in [0.05, 0.1) is 6.10 Å². The highest BCUT2D eigenvalue weighted by Gasteiger charge is 2.51. The molecular weight excluding hydrogens is 372 g/mol. The van der Waals surface area contributed by atoms with E-state index < -0.39 is 8.32 Å². The number of allylic oxidation sites excluding steroid dienone is 1. The highest BCUT2D eigenvalue weighted by molar-refractivity contribution is 6.99. The zero-order valence-electron chi connectivity index (χ0n) is 18.0. The third-order valence-corrected chi connectivity index (χ3v) is 11.3. The second-order valence-corrected chi connectivity index (χ2v) is 13.4. The molecule has 1 saturated carbocycles. The molecule has 0 unspecified atom stereocenters. The van der Waals surface area contributed by atoms with E-state index in [4.69, 9.17) is 4.43 Å². The fourth-order valence-corrected chi connectivity index (χ4v) is 9.50. The zero-order chi connectivity index (χ0) is 20.7. The van der Waals surface area contributed by atoms with E-state index in [0.29, 0.717) is 5.92 Å². The highest BCUT2D eigenvalue weighted by Crippen LogP contribution is 2.40. The minimum Gasteiger partial charge on any atom is -0.401 e. The van der Waals surface area contributed by atoms with Crippen LogP contribution in [0.4, 0.5) is 0 Å². The summed E-state index contributed by atoms with van der Waals surface area (Å²) in [6.07, 6.45) is 10.6. The molecule has 0 aliphatic heterocycles. The molecule has 2 nitrogen and oxygen atoms in total. The van der Waals surface area contributed by atoms with Crippen LogP contribution in [-0.4, -0.2) is 20.7 Å². The first kappa shape index (κ1) is 21.7. The highest BCUT2D eigenvalue weighted by atomic mass is 28.4. The normalized spacial score (nSPS) is 17.3. The third kappa shape index (κ3) is 4.79. The first-order valence-corrected chi connectivity index (χ1v) is 12.8. The number of benzene rings is 2. The topological polar surface area (TPSA) is 26.3 Å². The molecule has 2 aromatic carbocycles. The maximum atomic E-state index is 11.2. The Kier molecular flexibility index (Phi) is 7.26. The van der Waals surface area contributed by atoms with Crippen molar-refractivity contribution in [3.8, 4) is 0 Å². The summed E-state index contributed by atoms with van der Waals surface area (Å²) < 4.78 is 7.31. The van der Waals surface area contributed by atoms with Crippen molar-refractivity contribution in [3.05, 3.63) is 72.8 Å². The largest absolute Gasteiger partial charge is 0.401 e. The van der Waals surface area contributed by atoms with E-state index in [1.165, 1.54) is 42.5 Å². The van der Waals surface area contributed by atoms with Gasteiger partial charge in [0.15, 0.2) is 0 Å². The van der Waals surface area contributed by atoms with Gasteiger partial charge in [-0.2, -0.15) is 0 Å². The predicted molar refractivity (Wildman–Crippen MR) is 124 cm³/mol. The summed E-state index contributed by atoms with van der Waals surface area (Å²) in [6.45, 7) is 6.92. The Morgan fingerprint density at radius 3 is 1.86 bits per heavy atom. The van der Waals surface area contributed by atoms with Crippen molar-refractivity contribution >= 4 is 25.0 Å². The SMILES string of the molecule is CC(C)(C)[Si](O[C@@H](/C=C/C=O)C1CCCCC1)(c1ccccc1)c1ccccc1. The molecule has 1 fully saturated rings. The Labute approximate surface area is 177 Å². The summed E-state index contributed by atoms with van der Waals surface area (Å²) in [6, 6.07) is 21.5. The molecule has 0 heterocycles. The number of rotatable bonds is 7. The van der Waals surface area contributed by atoms with E-state index in [1.54, 1.807) is 6.08 Å². The summed E-state index contributed by atoms with van der Waals surface area (Å²) in [5.74, 6) is 0.474. The fourth-order valence-electron chi connectivity index (χ4n) is 4.81. The first-order valence-electron chi connectivity index (χ1n) is 10.9. The lowest BCUT2D eigenvalue weighted by atomic mass is 9.85. The summed E-state index contributed by atoms with van der Waals surface area (Å²) in [4.78, 5) is 11.2. The van der Waals surface area contributed by atoms with Gasteiger partial charge < -0.3 is 4.43 Å². The van der Waals surface area contributed by atoms with Crippen LogP contribution >= 0.6 is 0 Å². The number of aldehydes is 1. The van der Waals surface area contributed by atoms with Crippen molar-refractivity contribution in [3.63, 3.8) is 0 Å². The molecule has 1 atom stereocenters. The van der Waals surface area contributed by atoms with Crippen LogP contribution in [0.2, 0.25) is 5.04 Å². The van der Waals surface area contributed by atoms with Crippen LogP contribution in [0, 0.1) is 5.92 Å². The van der Waals surface area contributed by atoms with Gasteiger partial charge in [-0.25, -0.2) is 0 Å². The van der Waals surface area contributed by atoms with E-state index >= 15 is 0 Å². The minimum absolute atomic E-state index is 0.0354. The molecule has 1 aliphatic rings. The summed E-state index contributed by atoms with van der Waals surface area (Å²) in [5, 5.41) is 2.52. The summed E-state index contributed by atoms with van der Waals surface area (Å²) in [5.41, 5.74) is 0. The first-order chi connectivity index (χ1) is 14.0. The zero-order valence-corrected chi connectivity index (χ0v) is 19.0. The quantitative estimate of drug-likeness (QED) is 0.356. The van der Waals surface area contributed by atoms with Gasteiger partial charge in [-0.3, -0.25) is 4.79 Å². The van der Waals surface area contributed by atoms with Crippen molar-refractivity contribution in [2.75, 3.05) is 0 Å². The van der Waals surface area contributed by atoms with E-state index in [0.717, 1.165) is 6.29 Å². The molecule has 0 spiro atoms. The maximum absolute atomic E-state index is 11.2. The Morgan fingerprint density at radius 1 is 0.897 bits per heavy atom. The molecule has 2 aromatic rings. The molecule has 0 amide bonds. The number of carbonyl (C=O) groups is 1. The Morgan fingerprint density at radius 2 is 1.41 bits per heavy atom. The van der Waals surface area contributed by atoms with Crippen molar-refractivity contribution in [2.45, 2.75) is 64.0 Å². The number of carbonyl (C=O) groups excluding carboxylic acids is 1. The molecule has 3 heteroatoms. The number of hydrogen-bond acceptors (Lipinski definition) is 2. The van der Waals surface area contributed by atoms with E-state index in [-0.39, 0.29) is 11.1 Å². The monoisotopic (exact) mass is 406 g/mol. The summed E-state index contributed by atoms with van der Waals surface area (Å²) >= 11 is 0. The van der Waals surface area contributed by atoms with Gasteiger partial charge in [-0.05, 0) is 40.2 Å². The van der Waals surface area contributed by atoms with Gasteiger partial charge in [0, 0.05) is 0 Å². The van der Waals surface area contributed by atoms with Gasteiger partial charge in [-0.1, -0.05) is 107 Å². The summed E-state index contributed by atoms with van der Waals surface area (Å²) in [7, 11) is -2.61. The van der Waals surface area contributed by atoms with Crippen LogP contribution in [0.3, 0.4) is 0 Å². The van der Waals surface area contributed by atoms with Crippen LogP contribution < -0.4 is 10.4 Å². The van der Waals surface area contributed by atoms with Gasteiger partial charge in [0.1, 0.15) is 6.29 Å². The molecule has 0 bridgehead atoms. The maximum Gasteiger partial charge on any atom is 0.261 e. The Bertz CT molecular complexity index is 747. The van der Waals surface area contributed by atoms with E-state index in [9.17, 15) is 4.79 Å². The average Bonchev–Trinajstić information content (AvgIpc) is 2.75. The van der Waals surface area contributed by atoms with Crippen LogP contribution in [0.25, 0.3) is 0 Å². The fraction of sp³-hybridized carbons (Fsp3) is 0.423. The number of hydrogen-bond donors (Lipinski definition) is 0. The van der Waals surface area contributed by atoms with E-state index in [2.05, 4.69) is 81.4 Å². The van der Waals surface area contributed by atoms with Crippen LogP contribution in [-0.2, 0) is 9.22 Å². The van der Waals surface area contributed by atoms with Crippen molar-refractivity contribution in [1.82, 2.24) is 0 Å². The van der Waals surface area contributed by atoms with Gasteiger partial charge >= 0.3 is 0 Å². The van der Waals surface area contributed by atoms with Crippen LogP contribution in [0.5, 0.6) is 0 Å². The lowest BCUT2D eigenvalue weighted by molar-refractivity contribution is -0.104. The smallest absolute Gasteiger partial charge is 0.261 e. The predicted octanol–water partition coefficient (Wildman–Crippen LogP) is 5.27. The molecule has 154 valence electrons. The second-order valence-electron chi connectivity index (χ2n) is 9.16. The molecular formula is C26H34O2Si. The minimum atomic E-state index is -2.61. The second kappa shape index (κ2) is 9.68. The van der Waals surface area contributed by atoms with Crippen molar-refractivity contribution < 1.29 is 9.22 Å². The Balaban J connectivity index is 2.15. The van der Waals surface area contributed by atoms with Crippen LogP contribution in [0.15, 0.2) is 72.8 Å². The standard InChI is InChI=1S/C26H34O2Si/c1-26(2,3)29(23-16-9-5-10-17-23,24-18-11-6-12-19-24)28-25(20-13-21-27)22-14-7-4-8-15-22/h5-6,9-13,16-22,25H,4,7-8,14-15H2,1-3H3/b20-13+/t25-/m0/s1. The molecule has 0 radical (unpaired) electrons. The molecule has 0 aromatic heterocycles. The van der Waals surface area contributed by atoms with E-state index in [1.807, 2.05) is 6.08 Å². The lowest BCUT2D eigenvalue weighted by Crippen LogP contribution is -2.68. The molecule has 1 aliphatic carbocycles. The van der Waals surface area contributed by atoms with Crippen molar-refractivity contribution in [2.24, 2.45) is 5.92 Å². The Hall–Kier alpha value is -1.97. The average molecular weight is 407 g/mol. The van der Waals surface area contributed by atoms with Gasteiger partial charge in [0.25, 0.3) is 8.32 Å². The van der Waals surface area contributed by atoms with Gasteiger partial charge in [-0.15, -0.1) is 0 Å². The van der Waals surface area contributed by atoms with Crippen molar-refractivity contribution in [1.29, 1.82) is 0 Å². The molecule has 0 saturated heterocycles. The molecule has 3 rings (SSSR count). The lowest BCUT2D eigenvalue weighted by Gasteiger charge is -2.46. The molecule has 0 N–H and O–H groups in total. The van der Waals surface area contributed by atoms with Gasteiger partial charge in [0.2, 0.25) is 0 Å². The third-order valence-electron chi connectivity index (χ3n) is 6.22.